The van der Waals surface area contributed by atoms with Crippen LogP contribution in [-0.2, 0) is 11.3 Å². The summed E-state index contributed by atoms with van der Waals surface area (Å²) in [6.45, 7) is 5.17. The minimum atomic E-state index is -5.08. The summed E-state index contributed by atoms with van der Waals surface area (Å²) in [6, 6.07) is 22.8. The Bertz CT molecular complexity index is 1390. The van der Waals surface area contributed by atoms with E-state index < -0.39 is 12.1 Å². The van der Waals surface area contributed by atoms with E-state index in [2.05, 4.69) is 40.4 Å². The van der Waals surface area contributed by atoms with Crippen LogP contribution in [0.2, 0.25) is 0 Å². The zero-order valence-corrected chi connectivity index (χ0v) is 22.7. The van der Waals surface area contributed by atoms with Crippen LogP contribution < -0.4 is 10.1 Å². The van der Waals surface area contributed by atoms with Crippen LogP contribution in [0.25, 0.3) is 11.1 Å². The summed E-state index contributed by atoms with van der Waals surface area (Å²) in [4.78, 5) is 26.4. The van der Waals surface area contributed by atoms with Crippen LogP contribution in [0.15, 0.2) is 66.7 Å². The predicted octanol–water partition coefficient (Wildman–Crippen LogP) is 5.26. The highest BCUT2D eigenvalue weighted by molar-refractivity contribution is 6.04. The van der Waals surface area contributed by atoms with Gasteiger partial charge in [0.05, 0.1) is 18.7 Å². The van der Waals surface area contributed by atoms with E-state index in [9.17, 15) is 18.0 Å². The Morgan fingerprint density at radius 3 is 2.32 bits per heavy atom. The highest BCUT2D eigenvalue weighted by atomic mass is 19.4. The first-order valence-corrected chi connectivity index (χ1v) is 12.8. The van der Waals surface area contributed by atoms with Crippen LogP contribution in [0.1, 0.15) is 27.9 Å². The molecule has 1 aliphatic rings. The quantitative estimate of drug-likeness (QED) is 0.418. The number of alkyl halides is 3. The van der Waals surface area contributed by atoms with E-state index >= 15 is 0 Å². The number of halogens is 3. The summed E-state index contributed by atoms with van der Waals surface area (Å²) in [5.41, 5.74) is 5.03. The monoisotopic (exact) mass is 568 g/mol. The molecule has 216 valence electrons. The van der Waals surface area contributed by atoms with Crippen LogP contribution in [0.4, 0.5) is 18.9 Å². The number of aliphatic carboxylic acids is 1. The van der Waals surface area contributed by atoms with E-state index in [-0.39, 0.29) is 5.91 Å². The Kier molecular flexibility index (Phi) is 10.9. The number of nitriles is 1. The number of carboxylic acid groups (broad SMARTS) is 1. The molecule has 0 bridgehead atoms. The molecule has 8 nitrogen and oxygen atoms in total. The van der Waals surface area contributed by atoms with Gasteiger partial charge in [-0.05, 0) is 86.2 Å². The smallest absolute Gasteiger partial charge is 0.490 e. The normalized spacial score (nSPS) is 14.1. The van der Waals surface area contributed by atoms with Crippen molar-refractivity contribution >= 4 is 17.6 Å². The Hall–Kier alpha value is -4.40. The fraction of sp³-hybridized carbons (Fsp3) is 0.300. The lowest BCUT2D eigenvalue weighted by molar-refractivity contribution is -0.192. The molecule has 0 saturated carbocycles. The number of nitrogens with one attached hydrogen (secondary N) is 1. The zero-order valence-electron chi connectivity index (χ0n) is 22.7. The third kappa shape index (κ3) is 9.34. The van der Waals surface area contributed by atoms with Gasteiger partial charge in [-0.2, -0.15) is 18.4 Å². The molecule has 0 radical (unpaired) electrons. The maximum atomic E-state index is 12.7. The van der Waals surface area contributed by atoms with Gasteiger partial charge in [0.1, 0.15) is 5.75 Å². The second kappa shape index (κ2) is 14.3. The lowest BCUT2D eigenvalue weighted by Crippen LogP contribution is -2.28. The molecule has 41 heavy (non-hydrogen) atoms. The van der Waals surface area contributed by atoms with Gasteiger partial charge in [-0.3, -0.25) is 9.69 Å². The van der Waals surface area contributed by atoms with Gasteiger partial charge in [0.15, 0.2) is 0 Å². The van der Waals surface area contributed by atoms with Crippen molar-refractivity contribution in [3.05, 3.63) is 83.4 Å². The SMILES string of the molecule is COc1ccc(-c2cccc(NC(=O)c3ccc(C#N)cc3)c2)cc1CN1CCCN(C)CC1.O=C(O)C(F)(F)F. The fourth-order valence-corrected chi connectivity index (χ4v) is 4.26. The summed E-state index contributed by atoms with van der Waals surface area (Å²) in [5, 5.41) is 19.0. The molecule has 0 aromatic heterocycles. The lowest BCUT2D eigenvalue weighted by Gasteiger charge is -2.22. The largest absolute Gasteiger partial charge is 0.496 e. The van der Waals surface area contributed by atoms with Crippen molar-refractivity contribution < 1.29 is 32.6 Å². The number of hydrogen-bond acceptors (Lipinski definition) is 6. The highest BCUT2D eigenvalue weighted by Gasteiger charge is 2.38. The number of rotatable bonds is 6. The van der Waals surface area contributed by atoms with E-state index in [1.165, 1.54) is 6.42 Å². The van der Waals surface area contributed by atoms with Crippen LogP contribution in [0, 0.1) is 11.3 Å². The Morgan fingerprint density at radius 2 is 1.68 bits per heavy atom. The number of carboxylic acids is 1. The molecule has 4 rings (SSSR count). The molecule has 1 fully saturated rings. The number of benzene rings is 3. The van der Waals surface area contributed by atoms with Gasteiger partial charge in [0.25, 0.3) is 5.91 Å². The molecule has 0 aliphatic carbocycles. The minimum Gasteiger partial charge on any atom is -0.496 e. The summed E-state index contributed by atoms with van der Waals surface area (Å²) in [7, 11) is 3.89. The molecule has 11 heteroatoms. The van der Waals surface area contributed by atoms with E-state index in [4.69, 9.17) is 19.9 Å². The number of carbonyl (C=O) groups excluding carboxylic acids is 1. The van der Waals surface area contributed by atoms with Crippen molar-refractivity contribution in [1.29, 1.82) is 5.26 Å². The van der Waals surface area contributed by atoms with Crippen molar-refractivity contribution in [3.8, 4) is 22.9 Å². The van der Waals surface area contributed by atoms with Crippen LogP contribution in [-0.4, -0.2) is 73.3 Å². The summed E-state index contributed by atoms with van der Waals surface area (Å²) >= 11 is 0. The van der Waals surface area contributed by atoms with E-state index in [0.717, 1.165) is 60.9 Å². The molecule has 1 saturated heterocycles. The van der Waals surface area contributed by atoms with E-state index in [0.29, 0.717) is 11.1 Å². The van der Waals surface area contributed by atoms with E-state index in [1.54, 1.807) is 31.4 Å². The molecule has 1 heterocycles. The third-order valence-corrected chi connectivity index (χ3v) is 6.46. The van der Waals surface area contributed by atoms with Gasteiger partial charge >= 0.3 is 12.1 Å². The van der Waals surface area contributed by atoms with Crippen molar-refractivity contribution in [2.45, 2.75) is 19.1 Å². The minimum absolute atomic E-state index is 0.205. The van der Waals surface area contributed by atoms with Crippen LogP contribution in [0.5, 0.6) is 5.75 Å². The number of carbonyl (C=O) groups is 2. The molecular weight excluding hydrogens is 537 g/mol. The lowest BCUT2D eigenvalue weighted by atomic mass is 10.0. The standard InChI is InChI=1S/C28H30N4O2.C2HF3O2/c1-31-13-4-14-32(16-15-31)20-25-17-24(11-12-27(25)34-2)23-5-3-6-26(18-23)30-28(33)22-9-7-21(19-29)8-10-22;3-2(4,5)1(6)7/h3,5-12,17-18H,4,13-16,20H2,1-2H3,(H,30,33);(H,6,7). The number of hydrogen-bond donors (Lipinski definition) is 2. The summed E-state index contributed by atoms with van der Waals surface area (Å²) in [5.74, 6) is -2.07. The first-order valence-electron chi connectivity index (χ1n) is 12.8. The summed E-state index contributed by atoms with van der Waals surface area (Å²) in [6.07, 6.45) is -3.92. The van der Waals surface area contributed by atoms with Gasteiger partial charge in [-0.1, -0.05) is 18.2 Å². The Labute approximate surface area is 236 Å². The topological polar surface area (TPSA) is 106 Å². The average molecular weight is 569 g/mol. The van der Waals surface area contributed by atoms with Crippen LogP contribution >= 0.6 is 0 Å². The van der Waals surface area contributed by atoms with Gasteiger partial charge in [-0.25, -0.2) is 4.79 Å². The number of amides is 1. The van der Waals surface area contributed by atoms with Gasteiger partial charge in [-0.15, -0.1) is 0 Å². The zero-order chi connectivity index (χ0) is 30.0. The number of methoxy groups -OCH3 is 1. The Morgan fingerprint density at radius 1 is 1.00 bits per heavy atom. The maximum Gasteiger partial charge on any atom is 0.490 e. The van der Waals surface area contributed by atoms with Gasteiger partial charge in [0.2, 0.25) is 0 Å². The number of ether oxygens (including phenoxy) is 1. The van der Waals surface area contributed by atoms with Crippen LogP contribution in [0.3, 0.4) is 0 Å². The highest BCUT2D eigenvalue weighted by Crippen LogP contribution is 2.29. The van der Waals surface area contributed by atoms with Crippen molar-refractivity contribution in [2.75, 3.05) is 45.7 Å². The predicted molar refractivity (Wildman–Crippen MR) is 149 cm³/mol. The third-order valence-electron chi connectivity index (χ3n) is 6.46. The molecule has 0 unspecified atom stereocenters. The number of anilines is 1. The maximum absolute atomic E-state index is 12.7. The number of nitrogens with zero attached hydrogens (tertiary/aromatic N) is 3. The average Bonchev–Trinajstić information content (AvgIpc) is 3.16. The van der Waals surface area contributed by atoms with Crippen molar-refractivity contribution in [3.63, 3.8) is 0 Å². The molecule has 3 aromatic carbocycles. The van der Waals surface area contributed by atoms with Crippen molar-refractivity contribution in [1.82, 2.24) is 9.80 Å². The second-order valence-corrected chi connectivity index (χ2v) is 9.49. The number of likely N-dealkylation sites (N-methyl/N-ethyl adjacent to an activating group) is 1. The van der Waals surface area contributed by atoms with Gasteiger partial charge in [0, 0.05) is 36.4 Å². The van der Waals surface area contributed by atoms with E-state index in [1.807, 2.05) is 30.3 Å². The molecule has 3 aromatic rings. The first kappa shape index (κ1) is 31.1. The van der Waals surface area contributed by atoms with Gasteiger partial charge < -0.3 is 20.1 Å². The summed E-state index contributed by atoms with van der Waals surface area (Å²) < 4.78 is 37.4. The molecule has 0 spiro atoms. The van der Waals surface area contributed by atoms with Crippen molar-refractivity contribution in [2.24, 2.45) is 0 Å². The second-order valence-electron chi connectivity index (χ2n) is 9.49. The molecular formula is C30H31F3N4O4. The first-order chi connectivity index (χ1) is 19.5. The Balaban J connectivity index is 0.000000587. The molecule has 2 N–H and O–H groups in total. The molecule has 0 atom stereocenters. The molecule has 1 amide bonds. The fourth-order valence-electron chi connectivity index (χ4n) is 4.26. The molecule has 1 aliphatic heterocycles.